The number of hydrogen-bond acceptors (Lipinski definition) is 4. The van der Waals surface area contributed by atoms with E-state index in [1.165, 1.54) is 17.0 Å². The third kappa shape index (κ3) is 5.38. The van der Waals surface area contributed by atoms with Gasteiger partial charge in [-0.15, -0.1) is 0 Å². The van der Waals surface area contributed by atoms with Gasteiger partial charge in [-0.3, -0.25) is 9.69 Å². The highest BCUT2D eigenvalue weighted by Gasteiger charge is 2.37. The van der Waals surface area contributed by atoms with Crippen molar-refractivity contribution < 1.29 is 22.8 Å². The molecule has 3 amide bonds. The second-order valence-electron chi connectivity index (χ2n) is 8.45. The zero-order valence-electron chi connectivity index (χ0n) is 17.6. The minimum absolute atomic E-state index is 0.0375. The van der Waals surface area contributed by atoms with Gasteiger partial charge in [0.1, 0.15) is 11.6 Å². The second kappa shape index (κ2) is 8.53. The zero-order valence-corrected chi connectivity index (χ0v) is 17.6. The molecule has 0 spiro atoms. The molecule has 0 unspecified atom stereocenters. The van der Waals surface area contributed by atoms with Gasteiger partial charge in [0.15, 0.2) is 0 Å². The number of carbonyl (C=O) groups is 2. The van der Waals surface area contributed by atoms with Crippen LogP contribution in [0.25, 0.3) is 0 Å². The van der Waals surface area contributed by atoms with Gasteiger partial charge in [-0.25, -0.2) is 9.79 Å². The van der Waals surface area contributed by atoms with E-state index in [-0.39, 0.29) is 30.7 Å². The quantitative estimate of drug-likeness (QED) is 0.312. The van der Waals surface area contributed by atoms with E-state index in [9.17, 15) is 28.0 Å². The summed E-state index contributed by atoms with van der Waals surface area (Å²) in [6.45, 7) is 4.01. The fourth-order valence-corrected chi connectivity index (χ4v) is 3.24. The van der Waals surface area contributed by atoms with Crippen LogP contribution in [-0.2, 0) is 11.0 Å². The number of anilines is 1. The first kappa shape index (κ1) is 23.1. The van der Waals surface area contributed by atoms with Crippen LogP contribution in [0.15, 0.2) is 41.0 Å². The van der Waals surface area contributed by atoms with Crippen molar-refractivity contribution in [3.8, 4) is 6.07 Å². The molecule has 8 nitrogen and oxygen atoms in total. The number of benzene rings is 1. The molecule has 0 radical (unpaired) electrons. The van der Waals surface area contributed by atoms with Crippen molar-refractivity contribution >= 4 is 23.6 Å². The number of rotatable bonds is 5. The molecule has 2 aliphatic rings. The smallest absolute Gasteiger partial charge is 0.369 e. The third-order valence-corrected chi connectivity index (χ3v) is 5.07. The minimum Gasteiger partial charge on any atom is -0.369 e. The number of nitrogens with two attached hydrogens (primary N) is 1. The molecule has 11 heteroatoms. The molecule has 1 aromatic rings. The van der Waals surface area contributed by atoms with Crippen molar-refractivity contribution in [2.75, 3.05) is 18.0 Å². The van der Waals surface area contributed by atoms with Crippen LogP contribution in [0.2, 0.25) is 0 Å². The fourth-order valence-electron chi connectivity index (χ4n) is 3.24. The summed E-state index contributed by atoms with van der Waals surface area (Å²) < 4.78 is 39.4. The van der Waals surface area contributed by atoms with Crippen LogP contribution in [0.5, 0.6) is 0 Å². The highest BCUT2D eigenvalue weighted by Crippen LogP contribution is 2.35. The Kier molecular flexibility index (Phi) is 6.16. The molecule has 2 fully saturated rings. The average molecular weight is 448 g/mol. The Bertz CT molecular complexity index is 1020. The molecule has 1 aromatic carbocycles. The Labute approximate surface area is 183 Å². The number of aliphatic imine (C=N–C) groups is 1. The molecule has 3 N–H and O–H groups in total. The van der Waals surface area contributed by atoms with E-state index < -0.39 is 34.8 Å². The van der Waals surface area contributed by atoms with Crippen LogP contribution in [0.3, 0.4) is 0 Å². The molecule has 32 heavy (non-hydrogen) atoms. The maximum Gasteiger partial charge on any atom is 0.416 e. The summed E-state index contributed by atoms with van der Waals surface area (Å²) >= 11 is 0. The van der Waals surface area contributed by atoms with Gasteiger partial charge in [-0.1, -0.05) is 6.07 Å². The normalized spacial score (nSPS) is 18.9. The van der Waals surface area contributed by atoms with Gasteiger partial charge in [0.05, 0.1) is 23.8 Å². The van der Waals surface area contributed by atoms with E-state index in [0.717, 1.165) is 36.1 Å². The van der Waals surface area contributed by atoms with Crippen molar-refractivity contribution in [2.24, 2.45) is 16.6 Å². The Morgan fingerprint density at radius 1 is 1.44 bits per heavy atom. The van der Waals surface area contributed by atoms with E-state index in [1.807, 2.05) is 0 Å². The Morgan fingerprint density at radius 2 is 2.12 bits per heavy atom. The number of nitriles is 1. The molecular formula is C21H23F3N6O2. The van der Waals surface area contributed by atoms with Gasteiger partial charge in [-0.05, 0) is 50.8 Å². The molecule has 1 aliphatic heterocycles. The SMILES string of the molecule is CC1(C)CN(C(N)=NC=C(C#N)C(=O)N(CC2CC2)c2cccc(C(F)(F)F)c2)C(=O)N1. The van der Waals surface area contributed by atoms with Gasteiger partial charge in [0, 0.05) is 12.2 Å². The summed E-state index contributed by atoms with van der Waals surface area (Å²) in [4.78, 5) is 31.3. The first-order valence-electron chi connectivity index (χ1n) is 9.93. The first-order chi connectivity index (χ1) is 14.9. The maximum absolute atomic E-state index is 13.1. The van der Waals surface area contributed by atoms with Crippen molar-refractivity contribution in [3.63, 3.8) is 0 Å². The third-order valence-electron chi connectivity index (χ3n) is 5.07. The topological polar surface area (TPSA) is 115 Å². The standard InChI is InChI=1S/C21H23F3N6O2/c1-20(2)12-30(19(32)28-20)18(26)27-10-14(9-25)17(31)29(11-13-6-7-13)16-5-3-4-15(8-16)21(22,23)24/h3-5,8,10,13H,6-7,11-12H2,1-2H3,(H2,26,27)(H,28,32). The number of hydrogen-bond donors (Lipinski definition) is 2. The number of nitrogens with zero attached hydrogens (tertiary/aromatic N) is 4. The highest BCUT2D eigenvalue weighted by atomic mass is 19.4. The number of carbonyl (C=O) groups excluding carboxylic acids is 2. The number of nitrogens with one attached hydrogen (secondary N) is 1. The molecule has 0 atom stereocenters. The number of amides is 3. The molecule has 3 rings (SSSR count). The lowest BCUT2D eigenvalue weighted by molar-refractivity contribution is -0.137. The second-order valence-corrected chi connectivity index (χ2v) is 8.45. The van der Waals surface area contributed by atoms with Crippen molar-refractivity contribution in [3.05, 3.63) is 41.6 Å². The van der Waals surface area contributed by atoms with Gasteiger partial charge in [-0.2, -0.15) is 18.4 Å². The molecule has 0 bridgehead atoms. The fraction of sp³-hybridized carbons (Fsp3) is 0.429. The van der Waals surface area contributed by atoms with Gasteiger partial charge >= 0.3 is 12.2 Å². The van der Waals surface area contributed by atoms with Crippen LogP contribution >= 0.6 is 0 Å². The highest BCUT2D eigenvalue weighted by molar-refractivity contribution is 6.08. The molecule has 1 aliphatic carbocycles. The lowest BCUT2D eigenvalue weighted by Crippen LogP contribution is -2.39. The zero-order chi connectivity index (χ0) is 23.7. The summed E-state index contributed by atoms with van der Waals surface area (Å²) in [7, 11) is 0. The molecule has 170 valence electrons. The van der Waals surface area contributed by atoms with Crippen LogP contribution in [0.1, 0.15) is 32.3 Å². The van der Waals surface area contributed by atoms with E-state index in [2.05, 4.69) is 10.3 Å². The Hall–Kier alpha value is -3.55. The molecule has 1 heterocycles. The van der Waals surface area contributed by atoms with Crippen LogP contribution < -0.4 is 16.0 Å². The summed E-state index contributed by atoms with van der Waals surface area (Å²) in [6, 6.07) is 5.66. The van der Waals surface area contributed by atoms with E-state index in [4.69, 9.17) is 5.73 Å². The predicted molar refractivity (Wildman–Crippen MR) is 111 cm³/mol. The van der Waals surface area contributed by atoms with Crippen molar-refractivity contribution in [2.45, 2.75) is 38.4 Å². The van der Waals surface area contributed by atoms with Crippen LogP contribution in [0, 0.1) is 17.2 Å². The molecule has 0 aromatic heterocycles. The van der Waals surface area contributed by atoms with E-state index >= 15 is 0 Å². The van der Waals surface area contributed by atoms with Crippen molar-refractivity contribution in [1.29, 1.82) is 5.26 Å². The van der Waals surface area contributed by atoms with Gasteiger partial charge in [0.25, 0.3) is 5.91 Å². The van der Waals surface area contributed by atoms with Gasteiger partial charge in [0.2, 0.25) is 5.96 Å². The lowest BCUT2D eigenvalue weighted by atomic mass is 10.1. The first-order valence-corrected chi connectivity index (χ1v) is 9.93. The van der Waals surface area contributed by atoms with E-state index in [0.29, 0.717) is 0 Å². The summed E-state index contributed by atoms with van der Waals surface area (Å²) in [5.74, 6) is -0.847. The number of guanidine groups is 1. The number of halogens is 3. The summed E-state index contributed by atoms with van der Waals surface area (Å²) in [5, 5.41) is 12.2. The van der Waals surface area contributed by atoms with Gasteiger partial charge < -0.3 is 16.0 Å². The largest absolute Gasteiger partial charge is 0.416 e. The maximum atomic E-state index is 13.1. The molecule has 1 saturated heterocycles. The Balaban J connectivity index is 1.88. The van der Waals surface area contributed by atoms with Crippen LogP contribution in [-0.4, -0.2) is 41.4 Å². The number of urea groups is 1. The van der Waals surface area contributed by atoms with Crippen LogP contribution in [0.4, 0.5) is 23.7 Å². The predicted octanol–water partition coefficient (Wildman–Crippen LogP) is 2.97. The van der Waals surface area contributed by atoms with Crippen molar-refractivity contribution in [1.82, 2.24) is 10.2 Å². The lowest BCUT2D eigenvalue weighted by Gasteiger charge is -2.23. The minimum atomic E-state index is -4.57. The molecular weight excluding hydrogens is 425 g/mol. The molecule has 1 saturated carbocycles. The summed E-state index contributed by atoms with van der Waals surface area (Å²) in [6.07, 6.45) is -1.94. The summed E-state index contributed by atoms with van der Waals surface area (Å²) in [5.41, 5.74) is 4.05. The average Bonchev–Trinajstić information content (AvgIpc) is 3.48. The monoisotopic (exact) mass is 448 g/mol. The number of alkyl halides is 3. The van der Waals surface area contributed by atoms with E-state index in [1.54, 1.807) is 19.9 Å². The Morgan fingerprint density at radius 3 is 2.66 bits per heavy atom.